The first-order valence-electron chi connectivity index (χ1n) is 10.5. The summed E-state index contributed by atoms with van der Waals surface area (Å²) in [4.78, 5) is 41.0. The highest BCUT2D eigenvalue weighted by molar-refractivity contribution is 8.01. The molecule has 3 N–H and O–H groups in total. The van der Waals surface area contributed by atoms with Gasteiger partial charge in [-0.05, 0) is 35.9 Å². The van der Waals surface area contributed by atoms with Crippen LogP contribution in [0.5, 0.6) is 0 Å². The second-order valence-electron chi connectivity index (χ2n) is 7.32. The number of thiazole rings is 1. The van der Waals surface area contributed by atoms with Gasteiger partial charge in [-0.3, -0.25) is 14.4 Å². The average Bonchev–Trinajstić information content (AvgIpc) is 3.25. The lowest BCUT2D eigenvalue weighted by Crippen LogP contribution is -2.26. The van der Waals surface area contributed by atoms with E-state index in [1.54, 1.807) is 36.4 Å². The van der Waals surface area contributed by atoms with Crippen LogP contribution in [0.25, 0.3) is 10.2 Å². The maximum absolute atomic E-state index is 13.0. The van der Waals surface area contributed by atoms with Crippen LogP contribution in [0.2, 0.25) is 0 Å². The van der Waals surface area contributed by atoms with Crippen molar-refractivity contribution in [3.63, 3.8) is 0 Å². The van der Waals surface area contributed by atoms with E-state index in [1.807, 2.05) is 36.4 Å². The Morgan fingerprint density at radius 1 is 0.912 bits per heavy atom. The first-order chi connectivity index (χ1) is 16.5. The Morgan fingerprint density at radius 2 is 1.62 bits per heavy atom. The normalized spacial score (nSPS) is 10.7. The van der Waals surface area contributed by atoms with Gasteiger partial charge in [0.2, 0.25) is 0 Å². The third kappa shape index (κ3) is 6.00. The van der Waals surface area contributed by atoms with Crippen LogP contribution < -0.4 is 10.6 Å². The number of anilines is 1. The molecule has 0 aliphatic carbocycles. The number of hydrogen-bond acceptors (Lipinski definition) is 6. The SMILES string of the molecule is O=C(O)CCSc1nc2ccc(NC(=O)c3ccccc3C(=O)NCc3ccccc3)cc2s1. The quantitative estimate of drug-likeness (QED) is 0.283. The molecule has 0 saturated heterocycles. The number of aliphatic carboxylic acids is 1. The van der Waals surface area contributed by atoms with E-state index in [0.717, 1.165) is 20.1 Å². The molecule has 1 heterocycles. The molecule has 9 heteroatoms. The van der Waals surface area contributed by atoms with E-state index in [2.05, 4.69) is 15.6 Å². The van der Waals surface area contributed by atoms with Gasteiger partial charge in [0.05, 0.1) is 27.8 Å². The smallest absolute Gasteiger partial charge is 0.304 e. The van der Waals surface area contributed by atoms with Gasteiger partial charge >= 0.3 is 5.97 Å². The minimum atomic E-state index is -0.840. The van der Waals surface area contributed by atoms with Crippen molar-refractivity contribution < 1.29 is 19.5 Å². The summed E-state index contributed by atoms with van der Waals surface area (Å²) < 4.78 is 1.66. The summed E-state index contributed by atoms with van der Waals surface area (Å²) in [5, 5.41) is 14.5. The first kappa shape index (κ1) is 23.5. The average molecular weight is 492 g/mol. The van der Waals surface area contributed by atoms with Gasteiger partial charge in [0.15, 0.2) is 4.34 Å². The van der Waals surface area contributed by atoms with Crippen molar-refractivity contribution in [1.29, 1.82) is 0 Å². The summed E-state index contributed by atoms with van der Waals surface area (Å²) in [7, 11) is 0. The van der Waals surface area contributed by atoms with Crippen LogP contribution in [-0.4, -0.2) is 33.6 Å². The molecule has 3 aromatic carbocycles. The summed E-state index contributed by atoms with van der Waals surface area (Å²) in [6.07, 6.45) is 0.0697. The number of thioether (sulfide) groups is 1. The fraction of sp³-hybridized carbons (Fsp3) is 0.120. The van der Waals surface area contributed by atoms with Crippen molar-refractivity contribution in [3.8, 4) is 0 Å². The Balaban J connectivity index is 1.45. The number of carboxylic acid groups (broad SMARTS) is 1. The van der Waals surface area contributed by atoms with Gasteiger partial charge in [0.25, 0.3) is 11.8 Å². The topological polar surface area (TPSA) is 108 Å². The Kier molecular flexibility index (Phi) is 7.56. The second-order valence-corrected chi connectivity index (χ2v) is 9.70. The highest BCUT2D eigenvalue weighted by Gasteiger charge is 2.17. The van der Waals surface area contributed by atoms with Gasteiger partial charge in [0, 0.05) is 18.0 Å². The maximum atomic E-state index is 13.0. The molecule has 4 rings (SSSR count). The van der Waals surface area contributed by atoms with Crippen molar-refractivity contribution >= 4 is 56.8 Å². The zero-order chi connectivity index (χ0) is 23.9. The van der Waals surface area contributed by atoms with E-state index >= 15 is 0 Å². The number of carboxylic acids is 1. The molecule has 0 spiro atoms. The van der Waals surface area contributed by atoms with Gasteiger partial charge in [-0.2, -0.15) is 0 Å². The molecule has 0 unspecified atom stereocenters. The van der Waals surface area contributed by atoms with Crippen LogP contribution in [0, 0.1) is 0 Å². The summed E-state index contributed by atoms with van der Waals surface area (Å²) in [5.74, 6) is -1.10. The maximum Gasteiger partial charge on any atom is 0.304 e. The summed E-state index contributed by atoms with van der Waals surface area (Å²) >= 11 is 2.84. The first-order valence-corrected chi connectivity index (χ1v) is 12.3. The molecular weight excluding hydrogens is 470 g/mol. The lowest BCUT2D eigenvalue weighted by Gasteiger charge is -2.11. The minimum absolute atomic E-state index is 0.0697. The van der Waals surface area contributed by atoms with Crippen molar-refractivity contribution in [1.82, 2.24) is 10.3 Å². The van der Waals surface area contributed by atoms with Crippen LogP contribution in [0.3, 0.4) is 0 Å². The van der Waals surface area contributed by atoms with Crippen molar-refractivity contribution in [3.05, 3.63) is 89.5 Å². The number of amides is 2. The van der Waals surface area contributed by atoms with Crippen LogP contribution in [0.15, 0.2) is 77.1 Å². The number of nitrogens with one attached hydrogen (secondary N) is 2. The molecule has 0 aliphatic rings. The molecule has 1 aromatic heterocycles. The van der Waals surface area contributed by atoms with E-state index in [1.165, 1.54) is 23.1 Å². The number of nitrogens with zero attached hydrogens (tertiary/aromatic N) is 1. The van der Waals surface area contributed by atoms with Crippen LogP contribution in [0.4, 0.5) is 5.69 Å². The minimum Gasteiger partial charge on any atom is -0.481 e. The molecule has 34 heavy (non-hydrogen) atoms. The van der Waals surface area contributed by atoms with Gasteiger partial charge in [0.1, 0.15) is 0 Å². The van der Waals surface area contributed by atoms with Gasteiger partial charge in [-0.25, -0.2) is 4.98 Å². The van der Waals surface area contributed by atoms with E-state index in [4.69, 9.17) is 5.11 Å². The number of carbonyl (C=O) groups is 3. The Hall–Kier alpha value is -3.69. The molecule has 2 amide bonds. The second kappa shape index (κ2) is 11.0. The number of carbonyl (C=O) groups excluding carboxylic acids is 2. The molecule has 0 aliphatic heterocycles. The number of aromatic nitrogens is 1. The van der Waals surface area contributed by atoms with E-state index in [-0.39, 0.29) is 23.8 Å². The number of fused-ring (bicyclic) bond motifs is 1. The molecular formula is C25H21N3O4S2. The number of benzene rings is 3. The van der Waals surface area contributed by atoms with E-state index in [9.17, 15) is 14.4 Å². The standard InChI is InChI=1S/C25H21N3O4S2/c29-22(30)12-13-33-25-28-20-11-10-17(14-21(20)34-25)27-24(32)19-9-5-4-8-18(19)23(31)26-15-16-6-2-1-3-7-16/h1-11,14H,12-13,15H2,(H,26,31)(H,27,32)(H,29,30). The lowest BCUT2D eigenvalue weighted by molar-refractivity contribution is -0.136. The third-order valence-electron chi connectivity index (χ3n) is 4.88. The summed E-state index contributed by atoms with van der Waals surface area (Å²) in [5.41, 5.74) is 2.91. The lowest BCUT2D eigenvalue weighted by atomic mass is 10.1. The predicted octanol–water partition coefficient (Wildman–Crippen LogP) is 5.05. The third-order valence-corrected chi connectivity index (χ3v) is 7.04. The zero-order valence-corrected chi connectivity index (χ0v) is 19.6. The highest BCUT2D eigenvalue weighted by atomic mass is 32.2. The molecule has 0 fully saturated rings. The van der Waals surface area contributed by atoms with Gasteiger partial charge < -0.3 is 15.7 Å². The highest BCUT2D eigenvalue weighted by Crippen LogP contribution is 2.31. The van der Waals surface area contributed by atoms with Crippen molar-refractivity contribution in [2.45, 2.75) is 17.3 Å². The molecule has 7 nitrogen and oxygen atoms in total. The van der Waals surface area contributed by atoms with Crippen LogP contribution in [0.1, 0.15) is 32.7 Å². The molecule has 172 valence electrons. The zero-order valence-electron chi connectivity index (χ0n) is 18.0. The Morgan fingerprint density at radius 3 is 2.35 bits per heavy atom. The van der Waals surface area contributed by atoms with Gasteiger partial charge in [-0.15, -0.1) is 11.3 Å². The van der Waals surface area contributed by atoms with Crippen molar-refractivity contribution in [2.24, 2.45) is 0 Å². The predicted molar refractivity (Wildman–Crippen MR) is 135 cm³/mol. The molecule has 0 atom stereocenters. The fourth-order valence-electron chi connectivity index (χ4n) is 3.22. The van der Waals surface area contributed by atoms with Crippen LogP contribution in [-0.2, 0) is 11.3 Å². The fourth-order valence-corrected chi connectivity index (χ4v) is 5.33. The monoisotopic (exact) mass is 491 g/mol. The molecule has 4 aromatic rings. The molecule has 0 radical (unpaired) electrons. The Bertz CT molecular complexity index is 1340. The number of rotatable bonds is 9. The van der Waals surface area contributed by atoms with Gasteiger partial charge in [-0.1, -0.05) is 54.2 Å². The Labute approximate surface area is 204 Å². The van der Waals surface area contributed by atoms with E-state index < -0.39 is 5.97 Å². The van der Waals surface area contributed by atoms with Crippen LogP contribution >= 0.6 is 23.1 Å². The molecule has 0 saturated carbocycles. The summed E-state index contributed by atoms with van der Waals surface area (Å²) in [6, 6.07) is 21.6. The van der Waals surface area contributed by atoms with Crippen molar-refractivity contribution in [2.75, 3.05) is 11.1 Å². The van der Waals surface area contributed by atoms with E-state index in [0.29, 0.717) is 23.5 Å². The molecule has 0 bridgehead atoms. The summed E-state index contributed by atoms with van der Waals surface area (Å²) in [6.45, 7) is 0.366. The number of hydrogen-bond donors (Lipinski definition) is 3. The largest absolute Gasteiger partial charge is 0.481 e.